The second-order valence-electron chi connectivity index (χ2n) is 4.83. The van der Waals surface area contributed by atoms with Crippen molar-refractivity contribution in [1.82, 2.24) is 0 Å². The van der Waals surface area contributed by atoms with Crippen molar-refractivity contribution < 1.29 is 36.2 Å². The lowest BCUT2D eigenvalue weighted by Gasteiger charge is -2.27. The largest absolute Gasteiger partial charge is 0.433 e. The lowest BCUT2D eigenvalue weighted by atomic mass is 10.1. The molecule has 2 rings (SSSR count). The van der Waals surface area contributed by atoms with E-state index < -0.39 is 54.7 Å². The monoisotopic (exact) mass is 340 g/mol. The topological polar surface area (TPSA) is 56.5 Å². The Hall–Kier alpha value is -1.99. The molecule has 0 radical (unpaired) electrons. The molecule has 1 aromatic rings. The molecule has 0 spiro atoms. The van der Waals surface area contributed by atoms with Gasteiger partial charge in [0.1, 0.15) is 6.10 Å². The number of nitriles is 1. The Morgan fingerprint density at radius 1 is 1.26 bits per heavy atom. The summed E-state index contributed by atoms with van der Waals surface area (Å²) in [5, 5.41) is 17.6. The molecule has 0 saturated carbocycles. The van der Waals surface area contributed by atoms with E-state index in [1.807, 2.05) is 0 Å². The van der Waals surface area contributed by atoms with E-state index in [9.17, 15) is 26.3 Å². The molecule has 4 nitrogen and oxygen atoms in total. The van der Waals surface area contributed by atoms with Crippen LogP contribution in [0.2, 0.25) is 0 Å². The van der Waals surface area contributed by atoms with Crippen molar-refractivity contribution in [3.05, 3.63) is 29.3 Å². The molecular formula is C13H10F6N2O2. The average Bonchev–Trinajstić information content (AvgIpc) is 2.90. The standard InChI is InChI=1S/C13H10F6N2O2/c14-12(15,16)10-3-8(2-1-7(10)4-20)21-5-9(6-22)23-11(21)13(17,18)19/h1-3,9,11,22H,5-6H2/t9-,11-/m0/s1. The third kappa shape index (κ3) is 3.51. The van der Waals surface area contributed by atoms with Crippen LogP contribution in [0.5, 0.6) is 0 Å². The molecule has 23 heavy (non-hydrogen) atoms. The van der Waals surface area contributed by atoms with Crippen molar-refractivity contribution in [2.75, 3.05) is 18.1 Å². The molecule has 1 saturated heterocycles. The van der Waals surface area contributed by atoms with E-state index in [2.05, 4.69) is 4.74 Å². The Labute approximate surface area is 126 Å². The van der Waals surface area contributed by atoms with Crippen LogP contribution in [-0.4, -0.2) is 36.8 Å². The molecule has 0 aliphatic carbocycles. The smallest absolute Gasteiger partial charge is 0.394 e. The first-order chi connectivity index (χ1) is 10.6. The minimum Gasteiger partial charge on any atom is -0.394 e. The summed E-state index contributed by atoms with van der Waals surface area (Å²) in [6.07, 6.45) is -13.4. The summed E-state index contributed by atoms with van der Waals surface area (Å²) in [5.74, 6) is 0. The second-order valence-corrected chi connectivity index (χ2v) is 4.83. The van der Waals surface area contributed by atoms with Gasteiger partial charge in [-0.05, 0) is 18.2 Å². The van der Waals surface area contributed by atoms with E-state index in [-0.39, 0.29) is 0 Å². The zero-order chi connectivity index (χ0) is 17.4. The first kappa shape index (κ1) is 17.4. The number of anilines is 1. The van der Waals surface area contributed by atoms with E-state index in [0.29, 0.717) is 11.0 Å². The summed E-state index contributed by atoms with van der Waals surface area (Å²) in [4.78, 5) is 0.581. The molecular weight excluding hydrogens is 330 g/mol. The number of aliphatic hydroxyl groups is 1. The third-order valence-corrected chi connectivity index (χ3v) is 3.25. The first-order valence-corrected chi connectivity index (χ1v) is 6.29. The fraction of sp³-hybridized carbons (Fsp3) is 0.462. The number of benzene rings is 1. The van der Waals surface area contributed by atoms with Crippen molar-refractivity contribution in [3.63, 3.8) is 0 Å². The number of nitrogens with zero attached hydrogens (tertiary/aromatic N) is 2. The lowest BCUT2D eigenvalue weighted by Crippen LogP contribution is -2.42. The van der Waals surface area contributed by atoms with E-state index in [0.717, 1.165) is 12.1 Å². The van der Waals surface area contributed by atoms with Crippen LogP contribution in [0.25, 0.3) is 0 Å². The van der Waals surface area contributed by atoms with Crippen molar-refractivity contribution >= 4 is 5.69 Å². The normalized spacial score (nSPS) is 22.3. The molecule has 10 heteroatoms. The highest BCUT2D eigenvalue weighted by molar-refractivity contribution is 5.56. The summed E-state index contributed by atoms with van der Waals surface area (Å²) in [5.41, 5.74) is -2.41. The highest BCUT2D eigenvalue weighted by atomic mass is 19.4. The minimum absolute atomic E-state index is 0.394. The number of hydrogen-bond acceptors (Lipinski definition) is 4. The number of hydrogen-bond donors (Lipinski definition) is 1. The quantitative estimate of drug-likeness (QED) is 0.841. The summed E-state index contributed by atoms with van der Waals surface area (Å²) < 4.78 is 82.3. The molecule has 1 aliphatic heterocycles. The van der Waals surface area contributed by atoms with Crippen molar-refractivity contribution in [2.45, 2.75) is 24.7 Å². The van der Waals surface area contributed by atoms with Crippen LogP contribution in [0, 0.1) is 11.3 Å². The number of alkyl halides is 6. The van der Waals surface area contributed by atoms with Crippen LogP contribution >= 0.6 is 0 Å². The Morgan fingerprint density at radius 2 is 1.91 bits per heavy atom. The molecule has 1 heterocycles. The van der Waals surface area contributed by atoms with Crippen molar-refractivity contribution in [1.29, 1.82) is 5.26 Å². The van der Waals surface area contributed by atoms with Gasteiger partial charge in [-0.25, -0.2) is 0 Å². The van der Waals surface area contributed by atoms with E-state index in [1.54, 1.807) is 0 Å². The van der Waals surface area contributed by atoms with E-state index in [4.69, 9.17) is 10.4 Å². The molecule has 126 valence electrons. The van der Waals surface area contributed by atoms with Crippen LogP contribution in [0.15, 0.2) is 18.2 Å². The first-order valence-electron chi connectivity index (χ1n) is 6.29. The van der Waals surface area contributed by atoms with Gasteiger partial charge in [0.15, 0.2) is 0 Å². The van der Waals surface area contributed by atoms with Crippen LogP contribution in [0.1, 0.15) is 11.1 Å². The molecule has 1 aromatic carbocycles. The van der Waals surface area contributed by atoms with Gasteiger partial charge in [-0.3, -0.25) is 0 Å². The molecule has 0 aromatic heterocycles. The Balaban J connectivity index is 2.46. The number of aliphatic hydroxyl groups excluding tert-OH is 1. The zero-order valence-electron chi connectivity index (χ0n) is 11.3. The summed E-state index contributed by atoms with van der Waals surface area (Å²) in [6.45, 7) is -1.13. The minimum atomic E-state index is -4.88. The van der Waals surface area contributed by atoms with Gasteiger partial charge in [-0.15, -0.1) is 0 Å². The fourth-order valence-electron chi connectivity index (χ4n) is 2.25. The highest BCUT2D eigenvalue weighted by Gasteiger charge is 2.51. The van der Waals surface area contributed by atoms with Gasteiger partial charge in [0.25, 0.3) is 0 Å². The second kappa shape index (κ2) is 5.90. The van der Waals surface area contributed by atoms with Crippen LogP contribution in [0.3, 0.4) is 0 Å². The molecule has 2 atom stereocenters. The van der Waals surface area contributed by atoms with Crippen LogP contribution < -0.4 is 4.90 Å². The third-order valence-electron chi connectivity index (χ3n) is 3.25. The average molecular weight is 340 g/mol. The molecule has 1 fully saturated rings. The zero-order valence-corrected chi connectivity index (χ0v) is 11.3. The van der Waals surface area contributed by atoms with E-state index >= 15 is 0 Å². The van der Waals surface area contributed by atoms with Gasteiger partial charge < -0.3 is 14.7 Å². The molecule has 1 N–H and O–H groups in total. The molecule has 0 amide bonds. The maximum atomic E-state index is 13.0. The van der Waals surface area contributed by atoms with Gasteiger partial charge in [0.2, 0.25) is 6.23 Å². The number of rotatable bonds is 2. The Bertz CT molecular complexity index is 622. The predicted molar refractivity (Wildman–Crippen MR) is 65.3 cm³/mol. The van der Waals surface area contributed by atoms with Gasteiger partial charge in [-0.2, -0.15) is 31.6 Å². The fourth-order valence-corrected chi connectivity index (χ4v) is 2.25. The SMILES string of the molecule is N#Cc1ccc(N2C[C@@H](CO)O[C@H]2C(F)(F)F)cc1C(F)(F)F. The number of ether oxygens (including phenoxy) is 1. The Kier molecular flexibility index (Phi) is 4.45. The maximum absolute atomic E-state index is 13.0. The summed E-state index contributed by atoms with van der Waals surface area (Å²) in [6, 6.07) is 3.61. The summed E-state index contributed by atoms with van der Waals surface area (Å²) in [7, 11) is 0. The maximum Gasteiger partial charge on any atom is 0.433 e. The van der Waals surface area contributed by atoms with E-state index in [1.165, 1.54) is 6.07 Å². The highest BCUT2D eigenvalue weighted by Crippen LogP contribution is 2.38. The van der Waals surface area contributed by atoms with Crippen molar-refractivity contribution in [2.24, 2.45) is 0 Å². The molecule has 1 aliphatic rings. The van der Waals surface area contributed by atoms with Crippen LogP contribution in [0.4, 0.5) is 32.0 Å². The molecule has 0 unspecified atom stereocenters. The summed E-state index contributed by atoms with van der Waals surface area (Å²) >= 11 is 0. The predicted octanol–water partition coefficient (Wildman–Crippen LogP) is 2.66. The molecule has 0 bridgehead atoms. The van der Waals surface area contributed by atoms with Crippen LogP contribution in [-0.2, 0) is 10.9 Å². The van der Waals surface area contributed by atoms with Gasteiger partial charge >= 0.3 is 12.4 Å². The van der Waals surface area contributed by atoms with Gasteiger partial charge in [-0.1, -0.05) is 0 Å². The Morgan fingerprint density at radius 3 is 2.39 bits per heavy atom. The lowest BCUT2D eigenvalue weighted by molar-refractivity contribution is -0.215. The number of halogens is 6. The van der Waals surface area contributed by atoms with Gasteiger partial charge in [0, 0.05) is 12.2 Å². The van der Waals surface area contributed by atoms with Gasteiger partial charge in [0.05, 0.1) is 23.8 Å². The van der Waals surface area contributed by atoms with Crippen molar-refractivity contribution in [3.8, 4) is 6.07 Å².